The molecule has 5 heteroatoms. The van der Waals surface area contributed by atoms with Crippen molar-refractivity contribution in [2.45, 2.75) is 0 Å². The second-order valence-corrected chi connectivity index (χ2v) is 2.27. The molecule has 0 atom stereocenters. The Morgan fingerprint density at radius 2 is 2.18 bits per heavy atom. The third kappa shape index (κ3) is 1.33. The van der Waals surface area contributed by atoms with Crippen LogP contribution in [0.15, 0.2) is 6.07 Å². The first-order chi connectivity index (χ1) is 5.15. The Balaban J connectivity index is 3.40. The lowest BCUT2D eigenvalue weighted by Crippen LogP contribution is -1.97. The Hall–Kier alpha value is -1.47. The third-order valence-electron chi connectivity index (χ3n) is 1.14. The molecule has 4 N–H and O–H groups in total. The maximum Gasteiger partial charge on any atom is 0.151 e. The van der Waals surface area contributed by atoms with Crippen LogP contribution in [0.1, 0.15) is 5.56 Å². The van der Waals surface area contributed by atoms with Gasteiger partial charge in [0, 0.05) is 6.07 Å². The molecule has 0 spiro atoms. The van der Waals surface area contributed by atoms with Gasteiger partial charge in [-0.2, -0.15) is 5.26 Å². The number of nitrogens with two attached hydrogens (primary N) is 2. The molecule has 0 aliphatic rings. The van der Waals surface area contributed by atoms with Crippen LogP contribution in [0.25, 0.3) is 0 Å². The molecule has 0 saturated heterocycles. The van der Waals surface area contributed by atoms with E-state index in [4.69, 9.17) is 28.3 Å². The summed E-state index contributed by atoms with van der Waals surface area (Å²) in [6, 6.07) is 3.21. The molecule has 0 bridgehead atoms. The molecule has 0 amide bonds. The summed E-state index contributed by atoms with van der Waals surface area (Å²) >= 11 is 5.54. The normalized spacial score (nSPS) is 9.09. The Morgan fingerprint density at radius 3 is 2.64 bits per heavy atom. The summed E-state index contributed by atoms with van der Waals surface area (Å²) in [5, 5.41) is 8.54. The van der Waals surface area contributed by atoms with E-state index in [1.807, 2.05) is 6.07 Å². The monoisotopic (exact) mass is 168 g/mol. The Kier molecular flexibility index (Phi) is 1.83. The summed E-state index contributed by atoms with van der Waals surface area (Å²) in [6.07, 6.45) is 0. The first kappa shape index (κ1) is 7.63. The highest BCUT2D eigenvalue weighted by atomic mass is 35.5. The Labute approximate surface area is 68.4 Å². The number of nitriles is 1. The number of anilines is 2. The maximum atomic E-state index is 8.49. The van der Waals surface area contributed by atoms with Gasteiger partial charge in [0.2, 0.25) is 0 Å². The fourth-order valence-corrected chi connectivity index (χ4v) is 0.912. The molecule has 0 aliphatic heterocycles. The van der Waals surface area contributed by atoms with Crippen molar-refractivity contribution in [3.63, 3.8) is 0 Å². The van der Waals surface area contributed by atoms with E-state index in [0.29, 0.717) is 0 Å². The zero-order valence-electron chi connectivity index (χ0n) is 5.50. The summed E-state index contributed by atoms with van der Waals surface area (Å²) in [4.78, 5) is 3.65. The minimum absolute atomic E-state index is 0.0463. The van der Waals surface area contributed by atoms with E-state index >= 15 is 0 Å². The first-order valence-corrected chi connectivity index (χ1v) is 3.14. The van der Waals surface area contributed by atoms with E-state index in [2.05, 4.69) is 4.98 Å². The fourth-order valence-electron chi connectivity index (χ4n) is 0.663. The molecule has 4 nitrogen and oxygen atoms in total. The number of hydrogen-bond donors (Lipinski definition) is 2. The van der Waals surface area contributed by atoms with E-state index in [0.717, 1.165) is 0 Å². The van der Waals surface area contributed by atoms with Gasteiger partial charge in [0.1, 0.15) is 17.5 Å². The van der Waals surface area contributed by atoms with Gasteiger partial charge in [0.15, 0.2) is 5.15 Å². The van der Waals surface area contributed by atoms with Crippen LogP contribution in [0.2, 0.25) is 5.15 Å². The standard InChI is InChI=1S/C6H5ClN4/c7-6-3(2-8)4(9)1-5(10)11-6/h1H,(H4,9,10,11). The number of rotatable bonds is 0. The second kappa shape index (κ2) is 2.64. The summed E-state index contributed by atoms with van der Waals surface area (Å²) < 4.78 is 0. The van der Waals surface area contributed by atoms with Crippen molar-refractivity contribution >= 4 is 23.1 Å². The van der Waals surface area contributed by atoms with Gasteiger partial charge >= 0.3 is 0 Å². The first-order valence-electron chi connectivity index (χ1n) is 2.76. The smallest absolute Gasteiger partial charge is 0.151 e. The predicted octanol–water partition coefficient (Wildman–Crippen LogP) is 0.771. The highest BCUT2D eigenvalue weighted by molar-refractivity contribution is 6.31. The Morgan fingerprint density at radius 1 is 1.55 bits per heavy atom. The third-order valence-corrected chi connectivity index (χ3v) is 1.41. The topological polar surface area (TPSA) is 88.7 Å². The SMILES string of the molecule is N#Cc1c(N)cc(N)nc1Cl. The largest absolute Gasteiger partial charge is 0.397 e. The van der Waals surface area contributed by atoms with E-state index in [1.54, 1.807) is 0 Å². The molecule has 0 aliphatic carbocycles. The average Bonchev–Trinajstić information content (AvgIpc) is 1.85. The van der Waals surface area contributed by atoms with Gasteiger partial charge in [-0.3, -0.25) is 0 Å². The molecule has 0 saturated carbocycles. The van der Waals surface area contributed by atoms with Crippen molar-refractivity contribution in [1.82, 2.24) is 4.98 Å². The van der Waals surface area contributed by atoms with Crippen molar-refractivity contribution in [1.29, 1.82) is 5.26 Å². The van der Waals surface area contributed by atoms with E-state index in [9.17, 15) is 0 Å². The lowest BCUT2D eigenvalue weighted by atomic mass is 10.2. The van der Waals surface area contributed by atoms with Gasteiger partial charge in [-0.1, -0.05) is 11.6 Å². The molecule has 56 valence electrons. The van der Waals surface area contributed by atoms with Crippen LogP contribution in [0.3, 0.4) is 0 Å². The van der Waals surface area contributed by atoms with E-state index in [-0.39, 0.29) is 22.2 Å². The average molecular weight is 169 g/mol. The van der Waals surface area contributed by atoms with Gasteiger partial charge in [0.05, 0.1) is 5.69 Å². The summed E-state index contributed by atoms with van der Waals surface area (Å²) in [7, 11) is 0. The number of hydrogen-bond acceptors (Lipinski definition) is 4. The number of halogens is 1. The molecule has 0 aromatic carbocycles. The van der Waals surface area contributed by atoms with Crippen LogP contribution in [0.5, 0.6) is 0 Å². The van der Waals surface area contributed by atoms with Crippen molar-refractivity contribution in [2.75, 3.05) is 11.5 Å². The van der Waals surface area contributed by atoms with Gasteiger partial charge in [-0.25, -0.2) is 4.98 Å². The van der Waals surface area contributed by atoms with Crippen LogP contribution in [-0.2, 0) is 0 Å². The van der Waals surface area contributed by atoms with Gasteiger partial charge in [-0.15, -0.1) is 0 Å². The van der Waals surface area contributed by atoms with Crippen LogP contribution >= 0.6 is 11.6 Å². The van der Waals surface area contributed by atoms with Crippen LogP contribution in [0.4, 0.5) is 11.5 Å². The van der Waals surface area contributed by atoms with Crippen molar-refractivity contribution in [3.8, 4) is 6.07 Å². The van der Waals surface area contributed by atoms with Crippen LogP contribution in [0, 0.1) is 11.3 Å². The minimum atomic E-state index is 0.0463. The number of aromatic nitrogens is 1. The quantitative estimate of drug-likeness (QED) is 0.560. The molecule has 1 rings (SSSR count). The molecule has 1 heterocycles. The molecular weight excluding hydrogens is 164 g/mol. The van der Waals surface area contributed by atoms with Crippen LogP contribution in [-0.4, -0.2) is 4.98 Å². The van der Waals surface area contributed by atoms with E-state index < -0.39 is 0 Å². The predicted molar refractivity (Wildman–Crippen MR) is 42.8 cm³/mol. The van der Waals surface area contributed by atoms with Crippen LogP contribution < -0.4 is 11.5 Å². The Bertz CT molecular complexity index is 305. The van der Waals surface area contributed by atoms with Gasteiger partial charge < -0.3 is 11.5 Å². The summed E-state index contributed by atoms with van der Waals surface area (Å²) in [5.74, 6) is 0.214. The van der Waals surface area contributed by atoms with Gasteiger partial charge in [-0.05, 0) is 0 Å². The number of nitrogen functional groups attached to an aromatic ring is 2. The molecule has 0 radical (unpaired) electrons. The summed E-state index contributed by atoms with van der Waals surface area (Å²) in [5.41, 5.74) is 11.1. The summed E-state index contributed by atoms with van der Waals surface area (Å²) in [6.45, 7) is 0. The lowest BCUT2D eigenvalue weighted by molar-refractivity contribution is 1.31. The number of nitrogens with zero attached hydrogens (tertiary/aromatic N) is 2. The van der Waals surface area contributed by atoms with Gasteiger partial charge in [0.25, 0.3) is 0 Å². The highest BCUT2D eigenvalue weighted by Gasteiger charge is 2.05. The molecule has 11 heavy (non-hydrogen) atoms. The number of pyridine rings is 1. The zero-order chi connectivity index (χ0) is 8.43. The highest BCUT2D eigenvalue weighted by Crippen LogP contribution is 2.20. The van der Waals surface area contributed by atoms with Crippen molar-refractivity contribution in [2.24, 2.45) is 0 Å². The molecule has 1 aromatic heterocycles. The second-order valence-electron chi connectivity index (χ2n) is 1.91. The molecule has 0 unspecified atom stereocenters. The zero-order valence-corrected chi connectivity index (χ0v) is 6.26. The maximum absolute atomic E-state index is 8.49. The lowest BCUT2D eigenvalue weighted by Gasteiger charge is -1.99. The molecule has 1 aromatic rings. The van der Waals surface area contributed by atoms with Crippen molar-refractivity contribution < 1.29 is 0 Å². The van der Waals surface area contributed by atoms with Crippen molar-refractivity contribution in [3.05, 3.63) is 16.8 Å². The molecular formula is C6H5ClN4. The molecule has 0 fully saturated rings. The minimum Gasteiger partial charge on any atom is -0.397 e. The fraction of sp³-hybridized carbons (Fsp3) is 0. The van der Waals surface area contributed by atoms with E-state index in [1.165, 1.54) is 6.07 Å².